The zero-order valence-electron chi connectivity index (χ0n) is 20.5. The number of oxime groups is 1. The Balaban J connectivity index is 1.62. The summed E-state index contributed by atoms with van der Waals surface area (Å²) in [6, 6.07) is 18.6. The molecule has 4 rings (SSSR count). The third kappa shape index (κ3) is 6.35. The smallest absolute Gasteiger partial charge is 0.216 e. The number of rotatable bonds is 10. The summed E-state index contributed by atoms with van der Waals surface area (Å²) in [7, 11) is -4.03. The minimum Gasteiger partial charge on any atom is -0.464 e. The summed E-state index contributed by atoms with van der Waals surface area (Å²) in [4.78, 5) is 18.5. The van der Waals surface area contributed by atoms with E-state index >= 15 is 0 Å². The molecule has 9 nitrogen and oxygen atoms in total. The highest BCUT2D eigenvalue weighted by Gasteiger charge is 2.26. The molecule has 0 aliphatic rings. The lowest BCUT2D eigenvalue weighted by Gasteiger charge is -2.20. The van der Waals surface area contributed by atoms with E-state index in [1.54, 1.807) is 42.7 Å². The molecule has 0 aliphatic heterocycles. The van der Waals surface area contributed by atoms with E-state index in [-0.39, 0.29) is 5.84 Å². The fourth-order valence-electron chi connectivity index (χ4n) is 3.96. The maximum absolute atomic E-state index is 13.1. The summed E-state index contributed by atoms with van der Waals surface area (Å²) in [5.41, 5.74) is 10.4. The van der Waals surface area contributed by atoms with Crippen LogP contribution in [0.2, 0.25) is 0 Å². The molecule has 0 amide bonds. The van der Waals surface area contributed by atoms with E-state index in [2.05, 4.69) is 10.5 Å². The number of fused-ring (bicyclic) bond motifs is 1. The van der Waals surface area contributed by atoms with Crippen LogP contribution in [0, 0.1) is 6.92 Å². The molecule has 0 saturated carbocycles. The number of furan rings is 1. The number of nitrogens with two attached hydrogens (primary N) is 2. The van der Waals surface area contributed by atoms with Crippen molar-refractivity contribution in [3.8, 4) is 5.75 Å². The van der Waals surface area contributed by atoms with Gasteiger partial charge < -0.3 is 20.3 Å². The Morgan fingerprint density at radius 1 is 1.11 bits per heavy atom. The van der Waals surface area contributed by atoms with Gasteiger partial charge in [-0.15, -0.1) is 0 Å². The van der Waals surface area contributed by atoms with Crippen LogP contribution in [0.4, 0.5) is 5.69 Å². The minimum atomic E-state index is -4.03. The first kappa shape index (κ1) is 25.9. The predicted octanol–water partition coefficient (Wildman–Crippen LogP) is 4.01. The number of hydrogen-bond donors (Lipinski definition) is 3. The van der Waals surface area contributed by atoms with Gasteiger partial charge in [0.25, 0.3) is 0 Å². The normalized spacial score (nSPS) is 12.9. The van der Waals surface area contributed by atoms with Crippen molar-refractivity contribution in [2.75, 3.05) is 11.1 Å². The zero-order valence-corrected chi connectivity index (χ0v) is 21.3. The molecule has 192 valence electrons. The van der Waals surface area contributed by atoms with E-state index in [0.717, 1.165) is 22.1 Å². The number of primary sulfonamides is 1. The Hall–Kier alpha value is -4.15. The van der Waals surface area contributed by atoms with Crippen LogP contribution in [0.5, 0.6) is 5.75 Å². The Morgan fingerprint density at radius 3 is 2.46 bits per heavy atom. The van der Waals surface area contributed by atoms with E-state index in [9.17, 15) is 13.2 Å². The molecule has 1 aromatic heterocycles. The number of aryl methyl sites for hydroxylation is 2. The van der Waals surface area contributed by atoms with E-state index in [4.69, 9.17) is 20.1 Å². The fraction of sp³-hybridized carbons (Fsp3) is 0.185. The molecule has 0 aliphatic carbocycles. The number of carbonyl (C=O) groups is 1. The molecular formula is C27H28N4O5S. The highest BCUT2D eigenvalue weighted by atomic mass is 32.2. The van der Waals surface area contributed by atoms with Crippen LogP contribution in [0.25, 0.3) is 11.0 Å². The van der Waals surface area contributed by atoms with Crippen molar-refractivity contribution in [3.05, 3.63) is 95.2 Å². The maximum Gasteiger partial charge on any atom is 0.216 e. The summed E-state index contributed by atoms with van der Waals surface area (Å²) in [5.74, 6) is -0.656. The number of nitrogens with zero attached hydrogens (tertiary/aromatic N) is 1. The molecule has 1 unspecified atom stereocenters. The van der Waals surface area contributed by atoms with E-state index in [1.165, 1.54) is 0 Å². The van der Waals surface area contributed by atoms with Gasteiger partial charge in [0, 0.05) is 16.6 Å². The van der Waals surface area contributed by atoms with Crippen LogP contribution in [-0.4, -0.2) is 25.8 Å². The third-order valence-electron chi connectivity index (χ3n) is 5.83. The second-order valence-corrected chi connectivity index (χ2v) is 10.3. The lowest BCUT2D eigenvalue weighted by atomic mass is 9.96. The Bertz CT molecular complexity index is 1550. The van der Waals surface area contributed by atoms with Gasteiger partial charge in [-0.25, -0.2) is 13.6 Å². The zero-order chi connectivity index (χ0) is 26.6. The lowest BCUT2D eigenvalue weighted by molar-refractivity contribution is -0.117. The van der Waals surface area contributed by atoms with Gasteiger partial charge in [-0.3, -0.25) is 4.79 Å². The number of ketones is 1. The molecule has 1 heterocycles. The minimum absolute atomic E-state index is 0.172. The van der Waals surface area contributed by atoms with Gasteiger partial charge in [0.15, 0.2) is 17.4 Å². The molecule has 5 N–H and O–H groups in total. The van der Waals surface area contributed by atoms with Gasteiger partial charge in [-0.2, -0.15) is 0 Å². The first-order valence-corrected chi connectivity index (χ1v) is 13.3. The molecule has 1 atom stereocenters. The maximum atomic E-state index is 13.1. The van der Waals surface area contributed by atoms with Crippen molar-refractivity contribution in [1.29, 1.82) is 0 Å². The molecule has 0 radical (unpaired) electrons. The van der Waals surface area contributed by atoms with Crippen LogP contribution in [0.3, 0.4) is 0 Å². The monoisotopic (exact) mass is 520 g/mol. The molecule has 4 aromatic rings. The lowest BCUT2D eigenvalue weighted by Crippen LogP contribution is -2.31. The Kier molecular flexibility index (Phi) is 7.61. The van der Waals surface area contributed by atoms with Gasteiger partial charge in [0.1, 0.15) is 17.4 Å². The first-order valence-electron chi connectivity index (χ1n) is 11.6. The molecule has 37 heavy (non-hydrogen) atoms. The van der Waals surface area contributed by atoms with Gasteiger partial charge in [-0.1, -0.05) is 30.3 Å². The van der Waals surface area contributed by atoms with Crippen LogP contribution in [-0.2, 0) is 21.2 Å². The Labute approximate surface area is 215 Å². The SMILES string of the molecule is CCc1cc(C(Nc2ccc(/C(N)=N\Oc3ccccc3)cc2)C(=O)CS(N)(=O)=O)cc2c(C)coc12. The number of Topliss-reactive ketones (excluding diaryl/α,β-unsaturated/α-hetero) is 1. The average Bonchev–Trinajstić information content (AvgIpc) is 3.25. The highest BCUT2D eigenvalue weighted by molar-refractivity contribution is 7.89. The van der Waals surface area contributed by atoms with Gasteiger partial charge in [0.05, 0.1) is 6.26 Å². The van der Waals surface area contributed by atoms with E-state index in [0.29, 0.717) is 29.0 Å². The molecule has 0 spiro atoms. The summed E-state index contributed by atoms with van der Waals surface area (Å²) in [6.45, 7) is 3.90. The van der Waals surface area contributed by atoms with Crippen molar-refractivity contribution >= 4 is 38.3 Å². The van der Waals surface area contributed by atoms with Gasteiger partial charge in [-0.05, 0) is 78.6 Å². The van der Waals surface area contributed by atoms with E-state index < -0.39 is 27.6 Å². The molecule has 10 heteroatoms. The third-order valence-corrected chi connectivity index (χ3v) is 6.52. The predicted molar refractivity (Wildman–Crippen MR) is 144 cm³/mol. The van der Waals surface area contributed by atoms with Crippen molar-refractivity contribution in [1.82, 2.24) is 0 Å². The largest absolute Gasteiger partial charge is 0.464 e. The molecule has 0 fully saturated rings. The second-order valence-electron chi connectivity index (χ2n) is 8.64. The van der Waals surface area contributed by atoms with Gasteiger partial charge in [0.2, 0.25) is 10.0 Å². The second kappa shape index (κ2) is 10.9. The standard InChI is InChI=1S/C27H28N4O5S/c1-3-18-13-20(14-23-17(2)15-35-26(18)23)25(24(32)16-37(29,33)34)30-21-11-9-19(10-12-21)27(28)31-36-22-7-5-4-6-8-22/h4-15,25,30H,3,16H2,1-2H3,(H2,28,31)(H2,29,33,34). The quantitative estimate of drug-likeness (QED) is 0.162. The van der Waals surface area contributed by atoms with Crippen molar-refractivity contribution in [3.63, 3.8) is 0 Å². The summed E-state index contributed by atoms with van der Waals surface area (Å²) in [5, 5.41) is 13.2. The number of hydrogen-bond acceptors (Lipinski definition) is 7. The van der Waals surface area contributed by atoms with Crippen LogP contribution >= 0.6 is 0 Å². The van der Waals surface area contributed by atoms with Crippen LogP contribution < -0.4 is 21.0 Å². The number of anilines is 1. The molecule has 3 aromatic carbocycles. The highest BCUT2D eigenvalue weighted by Crippen LogP contribution is 2.31. The van der Waals surface area contributed by atoms with Crippen LogP contribution in [0.1, 0.15) is 35.2 Å². The first-order chi connectivity index (χ1) is 17.6. The van der Waals surface area contributed by atoms with Crippen LogP contribution in [0.15, 0.2) is 82.6 Å². The summed E-state index contributed by atoms with van der Waals surface area (Å²) >= 11 is 0. The number of benzene rings is 3. The van der Waals surface area contributed by atoms with Gasteiger partial charge >= 0.3 is 0 Å². The number of amidine groups is 1. The molecule has 0 saturated heterocycles. The number of carbonyl (C=O) groups excluding carboxylic acids is 1. The fourth-order valence-corrected chi connectivity index (χ4v) is 4.52. The molecule has 0 bridgehead atoms. The number of nitrogens with one attached hydrogen (secondary N) is 1. The Morgan fingerprint density at radius 2 is 1.81 bits per heavy atom. The summed E-state index contributed by atoms with van der Waals surface area (Å²) in [6.07, 6.45) is 2.33. The topological polar surface area (TPSA) is 150 Å². The van der Waals surface area contributed by atoms with Crippen molar-refractivity contribution < 1.29 is 22.5 Å². The number of para-hydroxylation sites is 1. The number of sulfonamides is 1. The van der Waals surface area contributed by atoms with Crippen molar-refractivity contribution in [2.24, 2.45) is 16.0 Å². The summed E-state index contributed by atoms with van der Waals surface area (Å²) < 4.78 is 29.2. The van der Waals surface area contributed by atoms with E-state index in [1.807, 2.05) is 44.2 Å². The molecular weight excluding hydrogens is 492 g/mol. The van der Waals surface area contributed by atoms with Crippen molar-refractivity contribution in [2.45, 2.75) is 26.3 Å². The average molecular weight is 521 g/mol.